The number of carbonyl (C=O) groups excluding carboxylic acids is 2. The topological polar surface area (TPSA) is 102 Å². The third-order valence-corrected chi connectivity index (χ3v) is 3.10. The standard InChI is InChI=1S/C17H29N3O5/c1-16(2,3)24-14(22)12(19-15(23)25-17(4,5)6)9-8-11-10-18-20(7)13(11)21/h10,12,18H,8-9H2,1-7H3,(H,19,23)/t12-/m0/s1. The monoisotopic (exact) mass is 355 g/mol. The summed E-state index contributed by atoms with van der Waals surface area (Å²) in [6.07, 6.45) is 1.42. The number of aryl methyl sites for hydroxylation is 2. The molecule has 8 heteroatoms. The molecule has 142 valence electrons. The number of hydrogen-bond acceptors (Lipinski definition) is 5. The largest absolute Gasteiger partial charge is 0.458 e. The van der Waals surface area contributed by atoms with E-state index < -0.39 is 29.3 Å². The van der Waals surface area contributed by atoms with E-state index in [1.54, 1.807) is 54.8 Å². The summed E-state index contributed by atoms with van der Waals surface area (Å²) in [5.74, 6) is -0.564. The Morgan fingerprint density at radius 1 is 1.16 bits per heavy atom. The highest BCUT2D eigenvalue weighted by Gasteiger charge is 2.28. The first-order valence-corrected chi connectivity index (χ1v) is 8.24. The van der Waals surface area contributed by atoms with Gasteiger partial charge in [0.2, 0.25) is 0 Å². The van der Waals surface area contributed by atoms with E-state index in [0.29, 0.717) is 12.0 Å². The van der Waals surface area contributed by atoms with Gasteiger partial charge in [-0.15, -0.1) is 0 Å². The van der Waals surface area contributed by atoms with Crippen LogP contribution >= 0.6 is 0 Å². The lowest BCUT2D eigenvalue weighted by Gasteiger charge is -2.26. The maximum Gasteiger partial charge on any atom is 0.408 e. The fourth-order valence-electron chi connectivity index (χ4n) is 2.06. The van der Waals surface area contributed by atoms with E-state index in [-0.39, 0.29) is 12.0 Å². The first-order chi connectivity index (χ1) is 11.3. The number of H-pyrrole nitrogens is 1. The van der Waals surface area contributed by atoms with Crippen molar-refractivity contribution in [2.75, 3.05) is 0 Å². The minimum absolute atomic E-state index is 0.166. The zero-order valence-corrected chi connectivity index (χ0v) is 16.1. The molecule has 0 unspecified atom stereocenters. The Labute approximate surface area is 147 Å². The summed E-state index contributed by atoms with van der Waals surface area (Å²) in [7, 11) is 1.61. The van der Waals surface area contributed by atoms with Gasteiger partial charge >= 0.3 is 12.1 Å². The minimum Gasteiger partial charge on any atom is -0.458 e. The number of carbonyl (C=O) groups is 2. The van der Waals surface area contributed by atoms with Gasteiger partial charge in [-0.05, 0) is 54.4 Å². The molecule has 1 atom stereocenters. The fraction of sp³-hybridized carbons (Fsp3) is 0.706. The summed E-state index contributed by atoms with van der Waals surface area (Å²) >= 11 is 0. The molecule has 1 amide bonds. The second-order valence-corrected chi connectivity index (χ2v) is 7.93. The quantitative estimate of drug-likeness (QED) is 0.785. The van der Waals surface area contributed by atoms with Crippen molar-refractivity contribution in [3.63, 3.8) is 0 Å². The number of esters is 1. The van der Waals surface area contributed by atoms with Gasteiger partial charge in [0.05, 0.1) is 0 Å². The molecule has 0 aliphatic carbocycles. The fourth-order valence-corrected chi connectivity index (χ4v) is 2.06. The molecule has 1 heterocycles. The Hall–Kier alpha value is -2.25. The lowest BCUT2D eigenvalue weighted by molar-refractivity contribution is -0.157. The Morgan fingerprint density at radius 3 is 2.16 bits per heavy atom. The summed E-state index contributed by atoms with van der Waals surface area (Å²) in [5.41, 5.74) is -1.00. The van der Waals surface area contributed by atoms with Gasteiger partial charge in [0.1, 0.15) is 17.2 Å². The van der Waals surface area contributed by atoms with Gasteiger partial charge in [0, 0.05) is 18.8 Å². The van der Waals surface area contributed by atoms with Crippen LogP contribution in [0.25, 0.3) is 0 Å². The van der Waals surface area contributed by atoms with E-state index in [4.69, 9.17) is 9.47 Å². The van der Waals surface area contributed by atoms with Crippen LogP contribution in [-0.4, -0.2) is 39.1 Å². The summed E-state index contributed by atoms with van der Waals surface area (Å²) in [6.45, 7) is 10.4. The van der Waals surface area contributed by atoms with Crippen LogP contribution in [0.3, 0.4) is 0 Å². The average molecular weight is 355 g/mol. The van der Waals surface area contributed by atoms with Crippen molar-refractivity contribution in [1.82, 2.24) is 15.1 Å². The van der Waals surface area contributed by atoms with E-state index in [1.807, 2.05) is 0 Å². The van der Waals surface area contributed by atoms with Crippen LogP contribution in [0.2, 0.25) is 0 Å². The predicted octanol–water partition coefficient (Wildman–Crippen LogP) is 1.88. The van der Waals surface area contributed by atoms with Crippen LogP contribution in [0.4, 0.5) is 4.79 Å². The Morgan fingerprint density at radius 2 is 1.72 bits per heavy atom. The second-order valence-electron chi connectivity index (χ2n) is 7.93. The molecule has 0 bridgehead atoms. The van der Waals surface area contributed by atoms with E-state index in [1.165, 1.54) is 4.68 Å². The van der Waals surface area contributed by atoms with Crippen molar-refractivity contribution in [3.8, 4) is 0 Å². The molecule has 1 rings (SSSR count). The number of hydrogen-bond donors (Lipinski definition) is 2. The maximum atomic E-state index is 12.4. The van der Waals surface area contributed by atoms with Gasteiger partial charge in [0.25, 0.3) is 5.56 Å². The molecule has 0 saturated heterocycles. The molecular formula is C17H29N3O5. The van der Waals surface area contributed by atoms with E-state index in [2.05, 4.69) is 10.4 Å². The van der Waals surface area contributed by atoms with E-state index in [0.717, 1.165) is 0 Å². The van der Waals surface area contributed by atoms with Crippen LogP contribution in [0.5, 0.6) is 0 Å². The van der Waals surface area contributed by atoms with Crippen molar-refractivity contribution in [2.45, 2.75) is 71.6 Å². The average Bonchev–Trinajstić information content (AvgIpc) is 2.71. The molecule has 2 N–H and O–H groups in total. The number of ether oxygens (including phenoxy) is 2. The van der Waals surface area contributed by atoms with Crippen LogP contribution in [0.15, 0.2) is 11.0 Å². The molecule has 1 aromatic rings. The third kappa shape index (κ3) is 7.45. The summed E-state index contributed by atoms with van der Waals surface area (Å²) in [6, 6.07) is -0.909. The highest BCUT2D eigenvalue weighted by atomic mass is 16.6. The summed E-state index contributed by atoms with van der Waals surface area (Å²) in [5, 5.41) is 5.31. The summed E-state index contributed by atoms with van der Waals surface area (Å²) in [4.78, 5) is 36.3. The molecule has 25 heavy (non-hydrogen) atoms. The second kappa shape index (κ2) is 7.76. The molecular weight excluding hydrogens is 326 g/mol. The third-order valence-electron chi connectivity index (χ3n) is 3.10. The van der Waals surface area contributed by atoms with Gasteiger partial charge in [0.15, 0.2) is 0 Å². The van der Waals surface area contributed by atoms with Gasteiger partial charge in [-0.3, -0.25) is 9.48 Å². The number of nitrogens with one attached hydrogen (secondary N) is 2. The number of alkyl carbamates (subject to hydrolysis) is 1. The van der Waals surface area contributed by atoms with E-state index in [9.17, 15) is 14.4 Å². The number of aromatic nitrogens is 2. The molecule has 0 radical (unpaired) electrons. The Balaban J connectivity index is 2.83. The van der Waals surface area contributed by atoms with Crippen molar-refractivity contribution in [3.05, 3.63) is 22.1 Å². The number of rotatable bonds is 5. The highest BCUT2D eigenvalue weighted by molar-refractivity contribution is 5.81. The molecule has 0 aliphatic heterocycles. The molecule has 0 saturated carbocycles. The predicted molar refractivity (Wildman–Crippen MR) is 93.4 cm³/mol. The van der Waals surface area contributed by atoms with E-state index >= 15 is 0 Å². The smallest absolute Gasteiger partial charge is 0.408 e. The SMILES string of the molecule is Cn1[nH]cc(CC[C@H](NC(=O)OC(C)(C)C)C(=O)OC(C)(C)C)c1=O. The van der Waals surface area contributed by atoms with Crippen LogP contribution in [-0.2, 0) is 27.7 Å². The number of aromatic amines is 1. The van der Waals surface area contributed by atoms with Gasteiger partial charge in [-0.1, -0.05) is 0 Å². The Kier molecular flexibility index (Phi) is 6.45. The van der Waals surface area contributed by atoms with Crippen molar-refractivity contribution in [1.29, 1.82) is 0 Å². The number of amides is 1. The normalized spacial score (nSPS) is 13.2. The molecule has 0 aromatic carbocycles. The van der Waals surface area contributed by atoms with Crippen LogP contribution in [0.1, 0.15) is 53.5 Å². The maximum absolute atomic E-state index is 12.4. The van der Waals surface area contributed by atoms with Crippen LogP contribution in [0, 0.1) is 0 Å². The first kappa shape index (κ1) is 20.8. The number of nitrogens with zero attached hydrogens (tertiary/aromatic N) is 1. The molecule has 0 fully saturated rings. The zero-order valence-electron chi connectivity index (χ0n) is 16.1. The van der Waals surface area contributed by atoms with Crippen molar-refractivity contribution in [2.24, 2.45) is 7.05 Å². The summed E-state index contributed by atoms with van der Waals surface area (Å²) < 4.78 is 11.9. The minimum atomic E-state index is -0.909. The lowest BCUT2D eigenvalue weighted by Crippen LogP contribution is -2.46. The van der Waals surface area contributed by atoms with Gasteiger partial charge in [-0.2, -0.15) is 0 Å². The molecule has 1 aromatic heterocycles. The van der Waals surface area contributed by atoms with Gasteiger partial charge in [-0.25, -0.2) is 9.59 Å². The first-order valence-electron chi connectivity index (χ1n) is 8.24. The highest BCUT2D eigenvalue weighted by Crippen LogP contribution is 2.12. The van der Waals surface area contributed by atoms with Gasteiger partial charge < -0.3 is 19.9 Å². The van der Waals surface area contributed by atoms with Crippen molar-refractivity contribution < 1.29 is 19.1 Å². The Bertz CT molecular complexity index is 661. The molecule has 0 aliphatic rings. The zero-order chi connectivity index (χ0) is 19.4. The lowest BCUT2D eigenvalue weighted by atomic mass is 10.1. The molecule has 8 nitrogen and oxygen atoms in total. The van der Waals surface area contributed by atoms with Crippen molar-refractivity contribution >= 4 is 12.1 Å². The van der Waals surface area contributed by atoms with Crippen LogP contribution < -0.4 is 10.9 Å². The molecule has 0 spiro atoms.